The lowest BCUT2D eigenvalue weighted by Crippen LogP contribution is -2.23. The van der Waals surface area contributed by atoms with Crippen molar-refractivity contribution in [1.82, 2.24) is 0 Å². The Bertz CT molecular complexity index is 494. The van der Waals surface area contributed by atoms with Crippen molar-refractivity contribution in [2.75, 3.05) is 11.1 Å². The molecule has 1 saturated carbocycles. The van der Waals surface area contributed by atoms with Crippen LogP contribution in [0.2, 0.25) is 0 Å². The molecule has 3 rings (SSSR count). The van der Waals surface area contributed by atoms with Crippen LogP contribution in [-0.4, -0.2) is 17.4 Å². The second-order valence-corrected chi connectivity index (χ2v) is 5.56. The third-order valence-electron chi connectivity index (χ3n) is 3.37. The van der Waals surface area contributed by atoms with Crippen molar-refractivity contribution in [2.24, 2.45) is 5.92 Å². The summed E-state index contributed by atoms with van der Waals surface area (Å²) in [6.07, 6.45) is 3.18. The fraction of sp³-hybridized carbons (Fsp3) is 0.385. The number of hydrogen-bond acceptors (Lipinski definition) is 3. The minimum Gasteiger partial charge on any atom is -0.324 e. The lowest BCUT2D eigenvalue weighted by molar-refractivity contribution is -0.113. The molecule has 4 heteroatoms. The second-order valence-electron chi connectivity index (χ2n) is 4.54. The zero-order valence-electron chi connectivity index (χ0n) is 9.36. The fourth-order valence-electron chi connectivity index (χ4n) is 2.14. The van der Waals surface area contributed by atoms with Crippen LogP contribution in [0.5, 0.6) is 0 Å². The van der Waals surface area contributed by atoms with E-state index in [9.17, 15) is 9.59 Å². The maximum atomic E-state index is 12.1. The van der Waals surface area contributed by atoms with Crippen molar-refractivity contribution in [2.45, 2.75) is 24.2 Å². The van der Waals surface area contributed by atoms with Gasteiger partial charge in [-0.05, 0) is 25.0 Å². The van der Waals surface area contributed by atoms with Crippen molar-refractivity contribution in [3.05, 3.63) is 23.8 Å². The highest BCUT2D eigenvalue weighted by molar-refractivity contribution is 8.00. The number of carbonyl (C=O) groups is 2. The largest absolute Gasteiger partial charge is 0.324 e. The number of rotatable bonds is 2. The van der Waals surface area contributed by atoms with Crippen LogP contribution in [0, 0.1) is 5.92 Å². The number of carbonyl (C=O) groups excluding carboxylic acids is 2. The summed E-state index contributed by atoms with van der Waals surface area (Å²) < 4.78 is 0. The van der Waals surface area contributed by atoms with E-state index in [0.29, 0.717) is 5.75 Å². The molecule has 0 saturated heterocycles. The minimum atomic E-state index is 0.00995. The van der Waals surface area contributed by atoms with E-state index in [2.05, 4.69) is 5.32 Å². The molecule has 0 unspecified atom stereocenters. The average Bonchev–Trinajstić information content (AvgIpc) is 2.25. The van der Waals surface area contributed by atoms with Gasteiger partial charge in [-0.25, -0.2) is 0 Å². The number of Topliss-reactive ketones (excluding diaryl/α,β-unsaturated/α-hetero) is 1. The highest BCUT2D eigenvalue weighted by atomic mass is 32.2. The van der Waals surface area contributed by atoms with E-state index in [1.165, 1.54) is 11.8 Å². The molecule has 1 aromatic carbocycles. The lowest BCUT2D eigenvalue weighted by atomic mass is 9.80. The van der Waals surface area contributed by atoms with Gasteiger partial charge in [-0.3, -0.25) is 9.59 Å². The van der Waals surface area contributed by atoms with Gasteiger partial charge in [0.1, 0.15) is 0 Å². The summed E-state index contributed by atoms with van der Waals surface area (Å²) in [5.41, 5.74) is 1.52. The first-order valence-electron chi connectivity index (χ1n) is 5.85. The maximum Gasteiger partial charge on any atom is 0.234 e. The predicted molar refractivity (Wildman–Crippen MR) is 67.5 cm³/mol. The van der Waals surface area contributed by atoms with Gasteiger partial charge in [0, 0.05) is 16.4 Å². The molecule has 0 radical (unpaired) electrons. The molecule has 17 heavy (non-hydrogen) atoms. The molecule has 88 valence electrons. The van der Waals surface area contributed by atoms with Gasteiger partial charge in [0.15, 0.2) is 5.78 Å². The van der Waals surface area contributed by atoms with Crippen molar-refractivity contribution in [3.63, 3.8) is 0 Å². The number of ketones is 1. The van der Waals surface area contributed by atoms with Crippen LogP contribution in [0.15, 0.2) is 23.1 Å². The summed E-state index contributed by atoms with van der Waals surface area (Å²) in [5.74, 6) is 0.905. The first-order valence-corrected chi connectivity index (χ1v) is 6.83. The Hall–Kier alpha value is -1.29. The number of fused-ring (bicyclic) bond motifs is 1. The van der Waals surface area contributed by atoms with Crippen LogP contribution in [-0.2, 0) is 4.79 Å². The Kier molecular flexibility index (Phi) is 2.67. The standard InChI is InChI=1S/C13H13NO2S/c15-12-7-17-11-5-4-9(6-10(11)14-12)13(16)8-2-1-3-8/h4-6,8H,1-3,7H2,(H,14,15). The molecule has 1 aliphatic carbocycles. The number of nitrogens with one attached hydrogen (secondary N) is 1. The molecular weight excluding hydrogens is 234 g/mol. The van der Waals surface area contributed by atoms with Crippen LogP contribution in [0.25, 0.3) is 0 Å². The zero-order chi connectivity index (χ0) is 11.8. The number of hydrogen-bond donors (Lipinski definition) is 1. The smallest absolute Gasteiger partial charge is 0.234 e. The van der Waals surface area contributed by atoms with Crippen molar-refractivity contribution in [1.29, 1.82) is 0 Å². The van der Waals surface area contributed by atoms with Gasteiger partial charge in [0.2, 0.25) is 5.91 Å². The molecule has 1 heterocycles. The van der Waals surface area contributed by atoms with Crippen LogP contribution >= 0.6 is 11.8 Å². The molecule has 0 aromatic heterocycles. The molecule has 1 fully saturated rings. The Labute approximate surface area is 104 Å². The topological polar surface area (TPSA) is 46.2 Å². The van der Waals surface area contributed by atoms with Crippen LogP contribution < -0.4 is 5.32 Å². The Morgan fingerprint density at radius 1 is 1.35 bits per heavy atom. The van der Waals surface area contributed by atoms with E-state index in [4.69, 9.17) is 0 Å². The minimum absolute atomic E-state index is 0.00995. The average molecular weight is 247 g/mol. The van der Waals surface area contributed by atoms with Gasteiger partial charge < -0.3 is 5.32 Å². The Morgan fingerprint density at radius 2 is 2.18 bits per heavy atom. The van der Waals surface area contributed by atoms with E-state index in [1.807, 2.05) is 18.2 Å². The summed E-state index contributed by atoms with van der Waals surface area (Å²) in [5, 5.41) is 2.82. The summed E-state index contributed by atoms with van der Waals surface area (Å²) >= 11 is 1.52. The molecule has 1 aromatic rings. The van der Waals surface area contributed by atoms with Crippen molar-refractivity contribution < 1.29 is 9.59 Å². The van der Waals surface area contributed by atoms with Crippen molar-refractivity contribution in [3.8, 4) is 0 Å². The van der Waals surface area contributed by atoms with Gasteiger partial charge in [-0.2, -0.15) is 0 Å². The van der Waals surface area contributed by atoms with E-state index < -0.39 is 0 Å². The third kappa shape index (κ3) is 1.97. The van der Waals surface area contributed by atoms with E-state index in [1.54, 1.807) is 0 Å². The maximum absolute atomic E-state index is 12.1. The molecule has 1 amide bonds. The normalized spacial score (nSPS) is 19.2. The van der Waals surface area contributed by atoms with E-state index in [-0.39, 0.29) is 17.6 Å². The van der Waals surface area contributed by atoms with Gasteiger partial charge >= 0.3 is 0 Å². The van der Waals surface area contributed by atoms with Gasteiger partial charge in [-0.1, -0.05) is 12.5 Å². The first kappa shape index (κ1) is 10.8. The van der Waals surface area contributed by atoms with E-state index in [0.717, 1.165) is 35.4 Å². The molecule has 0 atom stereocenters. The van der Waals surface area contributed by atoms with Gasteiger partial charge in [-0.15, -0.1) is 11.8 Å². The molecule has 1 aliphatic heterocycles. The van der Waals surface area contributed by atoms with Crippen LogP contribution in [0.3, 0.4) is 0 Å². The van der Waals surface area contributed by atoms with E-state index >= 15 is 0 Å². The summed E-state index contributed by atoms with van der Waals surface area (Å²) in [4.78, 5) is 24.4. The summed E-state index contributed by atoms with van der Waals surface area (Å²) in [6, 6.07) is 5.63. The zero-order valence-corrected chi connectivity index (χ0v) is 10.2. The molecular formula is C13H13NO2S. The summed E-state index contributed by atoms with van der Waals surface area (Å²) in [6.45, 7) is 0. The Morgan fingerprint density at radius 3 is 2.88 bits per heavy atom. The molecule has 0 bridgehead atoms. The lowest BCUT2D eigenvalue weighted by Gasteiger charge is -2.24. The van der Waals surface area contributed by atoms with Gasteiger partial charge in [0.25, 0.3) is 0 Å². The number of thioether (sulfide) groups is 1. The first-order chi connectivity index (χ1) is 8.24. The third-order valence-corrected chi connectivity index (χ3v) is 4.45. The highest BCUT2D eigenvalue weighted by Crippen LogP contribution is 2.35. The SMILES string of the molecule is O=C1CSc2ccc(C(=O)C3CCC3)cc2N1. The highest BCUT2D eigenvalue weighted by Gasteiger charge is 2.27. The second kappa shape index (κ2) is 4.18. The van der Waals surface area contributed by atoms with Crippen LogP contribution in [0.4, 0.5) is 5.69 Å². The molecule has 0 spiro atoms. The molecule has 2 aliphatic rings. The monoisotopic (exact) mass is 247 g/mol. The fourth-order valence-corrected chi connectivity index (χ4v) is 2.93. The quantitative estimate of drug-likeness (QED) is 0.817. The van der Waals surface area contributed by atoms with Crippen LogP contribution in [0.1, 0.15) is 29.6 Å². The number of benzene rings is 1. The van der Waals surface area contributed by atoms with Gasteiger partial charge in [0.05, 0.1) is 11.4 Å². The van der Waals surface area contributed by atoms with Crippen molar-refractivity contribution >= 4 is 29.1 Å². The number of amides is 1. The number of anilines is 1. The molecule has 3 nitrogen and oxygen atoms in total. The summed E-state index contributed by atoms with van der Waals surface area (Å²) in [7, 11) is 0. The Balaban J connectivity index is 1.89. The predicted octanol–water partition coefficient (Wildman–Crippen LogP) is 2.71. The molecule has 1 N–H and O–H groups in total.